The minimum atomic E-state index is -0.0202. The van der Waals surface area contributed by atoms with E-state index in [1.807, 2.05) is 16.8 Å². The molecule has 0 radical (unpaired) electrons. The van der Waals surface area contributed by atoms with Crippen LogP contribution >= 0.6 is 11.3 Å². The van der Waals surface area contributed by atoms with Crippen LogP contribution in [-0.4, -0.2) is 58.6 Å². The molecule has 0 unspecified atom stereocenters. The van der Waals surface area contributed by atoms with Crippen LogP contribution < -0.4 is 5.32 Å². The van der Waals surface area contributed by atoms with Crippen molar-refractivity contribution in [3.05, 3.63) is 58.1 Å². The van der Waals surface area contributed by atoms with Gasteiger partial charge in [0, 0.05) is 63.1 Å². The Balaban J connectivity index is 1.17. The molecule has 1 aliphatic rings. The van der Waals surface area contributed by atoms with Crippen LogP contribution in [0, 0.1) is 0 Å². The average Bonchev–Trinajstić information content (AvgIpc) is 3.50. The summed E-state index contributed by atoms with van der Waals surface area (Å²) in [6.45, 7) is 9.43. The van der Waals surface area contributed by atoms with Gasteiger partial charge in [-0.3, -0.25) is 9.69 Å². The first kappa shape index (κ1) is 21.7. The summed E-state index contributed by atoms with van der Waals surface area (Å²) >= 11 is 1.58. The lowest BCUT2D eigenvalue weighted by atomic mass is 10.1. The Bertz CT molecular complexity index is 947. The number of nitrogens with zero attached hydrogens (tertiary/aromatic N) is 4. The molecule has 2 aromatic heterocycles. The predicted molar refractivity (Wildman–Crippen MR) is 122 cm³/mol. The van der Waals surface area contributed by atoms with Crippen molar-refractivity contribution in [1.29, 1.82) is 0 Å². The van der Waals surface area contributed by atoms with Crippen LogP contribution in [0.5, 0.6) is 0 Å². The summed E-state index contributed by atoms with van der Waals surface area (Å²) in [5, 5.41) is 15.0. The fourth-order valence-electron chi connectivity index (χ4n) is 3.65. The van der Waals surface area contributed by atoms with E-state index in [0.29, 0.717) is 31.2 Å². The molecule has 3 heterocycles. The zero-order valence-electron chi connectivity index (χ0n) is 17.9. The molecule has 1 aromatic carbocycles. The molecule has 1 saturated heterocycles. The summed E-state index contributed by atoms with van der Waals surface area (Å²) in [5.41, 5.74) is 3.34. The van der Waals surface area contributed by atoms with E-state index in [0.717, 1.165) is 50.4 Å². The highest BCUT2D eigenvalue weighted by molar-refractivity contribution is 7.08. The summed E-state index contributed by atoms with van der Waals surface area (Å²) in [4.78, 5) is 17.2. The number of piperazine rings is 1. The van der Waals surface area contributed by atoms with Gasteiger partial charge in [-0.25, -0.2) is 0 Å². The summed E-state index contributed by atoms with van der Waals surface area (Å²) in [6, 6.07) is 10.5. The van der Waals surface area contributed by atoms with Crippen LogP contribution in [0.1, 0.15) is 30.4 Å². The van der Waals surface area contributed by atoms with Gasteiger partial charge in [-0.1, -0.05) is 31.2 Å². The zero-order chi connectivity index (χ0) is 21.5. The van der Waals surface area contributed by atoms with E-state index in [4.69, 9.17) is 4.42 Å². The van der Waals surface area contributed by atoms with Crippen LogP contribution in [0.4, 0.5) is 0 Å². The fourth-order valence-corrected chi connectivity index (χ4v) is 4.28. The van der Waals surface area contributed by atoms with Gasteiger partial charge in [-0.05, 0) is 29.1 Å². The number of hydrogen-bond donors (Lipinski definition) is 1. The second kappa shape index (κ2) is 10.7. The second-order valence-electron chi connectivity index (χ2n) is 7.82. The molecule has 0 saturated carbocycles. The van der Waals surface area contributed by atoms with Crippen LogP contribution in [0.2, 0.25) is 0 Å². The van der Waals surface area contributed by atoms with Gasteiger partial charge in [0.1, 0.15) is 0 Å². The predicted octanol–water partition coefficient (Wildman–Crippen LogP) is 3.18. The minimum absolute atomic E-state index is 0.0202. The number of nitrogens with one attached hydrogen (secondary N) is 1. The molecule has 31 heavy (non-hydrogen) atoms. The first-order valence-corrected chi connectivity index (χ1v) is 11.8. The summed E-state index contributed by atoms with van der Waals surface area (Å²) in [6.07, 6.45) is 0.764. The zero-order valence-corrected chi connectivity index (χ0v) is 18.7. The van der Waals surface area contributed by atoms with E-state index in [2.05, 4.69) is 56.5 Å². The summed E-state index contributed by atoms with van der Waals surface area (Å²) in [7, 11) is 0. The molecule has 1 amide bonds. The average molecular weight is 440 g/mol. The molecule has 3 aromatic rings. The quantitative estimate of drug-likeness (QED) is 0.552. The maximum absolute atomic E-state index is 12.2. The Morgan fingerprint density at radius 1 is 1.06 bits per heavy atom. The van der Waals surface area contributed by atoms with Crippen molar-refractivity contribution in [3.63, 3.8) is 0 Å². The van der Waals surface area contributed by atoms with Crippen molar-refractivity contribution in [1.82, 2.24) is 25.3 Å². The highest BCUT2D eigenvalue weighted by atomic mass is 32.1. The summed E-state index contributed by atoms with van der Waals surface area (Å²) in [5.74, 6) is 0.970. The largest absolute Gasteiger partial charge is 0.421 e. The maximum Gasteiger partial charge on any atom is 0.248 e. The van der Waals surface area contributed by atoms with Gasteiger partial charge in [-0.15, -0.1) is 10.2 Å². The van der Waals surface area contributed by atoms with Crippen molar-refractivity contribution in [2.45, 2.75) is 32.9 Å². The molecule has 0 spiro atoms. The third-order valence-corrected chi connectivity index (χ3v) is 6.32. The van der Waals surface area contributed by atoms with Crippen LogP contribution in [0.25, 0.3) is 11.5 Å². The van der Waals surface area contributed by atoms with E-state index < -0.39 is 0 Å². The van der Waals surface area contributed by atoms with Crippen LogP contribution in [-0.2, 0) is 24.3 Å². The van der Waals surface area contributed by atoms with Crippen LogP contribution in [0.15, 0.2) is 45.5 Å². The number of carbonyl (C=O) groups excluding carboxylic acids is 1. The first-order valence-electron chi connectivity index (χ1n) is 10.8. The Kier molecular flexibility index (Phi) is 7.45. The maximum atomic E-state index is 12.2. The van der Waals surface area contributed by atoms with E-state index in [1.165, 1.54) is 5.56 Å². The van der Waals surface area contributed by atoms with Crippen molar-refractivity contribution in [3.8, 4) is 11.5 Å². The standard InChI is InChI=1S/C23H29N5O2S/c1-2-27-10-12-28(13-11-27)16-19-5-3-18(4-6-19)15-24-21(29)7-8-22-25-26-23(30-22)20-9-14-31-17-20/h3-6,9,14,17H,2,7-8,10-13,15-16H2,1H3,(H,24,29). The molecule has 1 aliphatic heterocycles. The van der Waals surface area contributed by atoms with E-state index >= 15 is 0 Å². The molecule has 1 fully saturated rings. The van der Waals surface area contributed by atoms with Crippen molar-refractivity contribution in [2.24, 2.45) is 0 Å². The smallest absolute Gasteiger partial charge is 0.248 e. The van der Waals surface area contributed by atoms with E-state index in [-0.39, 0.29) is 5.91 Å². The van der Waals surface area contributed by atoms with E-state index in [9.17, 15) is 4.79 Å². The monoisotopic (exact) mass is 439 g/mol. The number of aryl methyl sites for hydroxylation is 1. The van der Waals surface area contributed by atoms with Gasteiger partial charge in [0.15, 0.2) is 0 Å². The lowest BCUT2D eigenvalue weighted by Gasteiger charge is -2.34. The van der Waals surface area contributed by atoms with Crippen molar-refractivity contribution < 1.29 is 9.21 Å². The molecular formula is C23H29N5O2S. The van der Waals surface area contributed by atoms with Gasteiger partial charge in [0.05, 0.1) is 0 Å². The Labute approximate surface area is 187 Å². The Hall–Kier alpha value is -2.55. The van der Waals surface area contributed by atoms with Gasteiger partial charge < -0.3 is 14.6 Å². The molecule has 164 valence electrons. The highest BCUT2D eigenvalue weighted by Gasteiger charge is 2.15. The Morgan fingerprint density at radius 3 is 2.52 bits per heavy atom. The van der Waals surface area contributed by atoms with Crippen molar-refractivity contribution in [2.75, 3.05) is 32.7 Å². The van der Waals surface area contributed by atoms with E-state index in [1.54, 1.807) is 11.3 Å². The number of carbonyl (C=O) groups is 1. The third-order valence-electron chi connectivity index (χ3n) is 5.63. The number of aromatic nitrogens is 2. The number of benzene rings is 1. The molecule has 1 N–H and O–H groups in total. The van der Waals surface area contributed by atoms with Gasteiger partial charge in [0.2, 0.25) is 17.7 Å². The first-order chi connectivity index (χ1) is 15.2. The minimum Gasteiger partial charge on any atom is -0.421 e. The number of thiophene rings is 1. The normalized spacial score (nSPS) is 15.3. The van der Waals surface area contributed by atoms with Gasteiger partial charge in [-0.2, -0.15) is 11.3 Å². The molecule has 0 atom stereocenters. The highest BCUT2D eigenvalue weighted by Crippen LogP contribution is 2.20. The second-order valence-corrected chi connectivity index (χ2v) is 8.60. The van der Waals surface area contributed by atoms with Crippen molar-refractivity contribution >= 4 is 17.2 Å². The number of amides is 1. The number of rotatable bonds is 9. The number of hydrogen-bond acceptors (Lipinski definition) is 7. The fraction of sp³-hybridized carbons (Fsp3) is 0.435. The topological polar surface area (TPSA) is 74.5 Å². The molecule has 8 heteroatoms. The lowest BCUT2D eigenvalue weighted by Crippen LogP contribution is -2.45. The molecule has 0 aliphatic carbocycles. The Morgan fingerprint density at radius 2 is 1.81 bits per heavy atom. The molecular weight excluding hydrogens is 410 g/mol. The molecule has 4 rings (SSSR count). The SMILES string of the molecule is CCN1CCN(Cc2ccc(CNC(=O)CCc3nnc(-c4ccsc4)o3)cc2)CC1. The number of likely N-dealkylation sites (N-methyl/N-ethyl adjacent to an activating group) is 1. The van der Waals surface area contributed by atoms with Gasteiger partial charge in [0.25, 0.3) is 0 Å². The summed E-state index contributed by atoms with van der Waals surface area (Å²) < 4.78 is 5.63. The third kappa shape index (κ3) is 6.22. The van der Waals surface area contributed by atoms with Crippen LogP contribution in [0.3, 0.4) is 0 Å². The molecule has 0 bridgehead atoms. The molecule has 7 nitrogen and oxygen atoms in total. The lowest BCUT2D eigenvalue weighted by molar-refractivity contribution is -0.121. The van der Waals surface area contributed by atoms with Gasteiger partial charge >= 0.3 is 0 Å².